The standard InChI is InChI=1S/C25H21N5O/c1-2-17-15-23(31)30(21-6-4-3-5-7-21)24-22(17)16-27-25(29-24)28-20-9-8-18-10-12-26-13-11-19(18)14-20/h1,3-9,14-16,26H,10-13H2,(H,27,28,29). The van der Waals surface area contributed by atoms with Crippen molar-refractivity contribution in [2.75, 3.05) is 18.4 Å². The van der Waals surface area contributed by atoms with Gasteiger partial charge in [0.2, 0.25) is 5.95 Å². The minimum absolute atomic E-state index is 0.228. The van der Waals surface area contributed by atoms with Crippen LogP contribution in [0.25, 0.3) is 16.7 Å². The third kappa shape index (κ3) is 3.67. The molecule has 0 bridgehead atoms. The first-order valence-corrected chi connectivity index (χ1v) is 10.3. The second-order valence-corrected chi connectivity index (χ2v) is 7.50. The largest absolute Gasteiger partial charge is 0.324 e. The highest BCUT2D eigenvalue weighted by Gasteiger charge is 2.13. The van der Waals surface area contributed by atoms with E-state index < -0.39 is 0 Å². The topological polar surface area (TPSA) is 71.8 Å². The molecule has 31 heavy (non-hydrogen) atoms. The molecule has 0 saturated heterocycles. The van der Waals surface area contributed by atoms with Crippen molar-refractivity contribution in [3.63, 3.8) is 0 Å². The summed E-state index contributed by atoms with van der Waals surface area (Å²) in [4.78, 5) is 22.0. The summed E-state index contributed by atoms with van der Waals surface area (Å²) in [5, 5.41) is 7.38. The monoisotopic (exact) mass is 407 g/mol. The van der Waals surface area contributed by atoms with E-state index in [0.29, 0.717) is 22.5 Å². The number of pyridine rings is 1. The highest BCUT2D eigenvalue weighted by Crippen LogP contribution is 2.23. The maximum atomic E-state index is 12.9. The Labute approximate surface area is 180 Å². The van der Waals surface area contributed by atoms with Crippen LogP contribution >= 0.6 is 0 Å². The second kappa shape index (κ2) is 8.05. The quantitative estimate of drug-likeness (QED) is 0.511. The molecular weight excluding hydrogens is 386 g/mol. The van der Waals surface area contributed by atoms with E-state index in [1.807, 2.05) is 36.4 Å². The predicted molar refractivity (Wildman–Crippen MR) is 123 cm³/mol. The molecule has 0 aliphatic carbocycles. The Hall–Kier alpha value is -3.95. The minimum atomic E-state index is -0.228. The van der Waals surface area contributed by atoms with E-state index in [1.165, 1.54) is 17.2 Å². The molecule has 0 amide bonds. The fourth-order valence-electron chi connectivity index (χ4n) is 3.99. The van der Waals surface area contributed by atoms with Crippen LogP contribution in [0.4, 0.5) is 11.6 Å². The van der Waals surface area contributed by atoms with E-state index >= 15 is 0 Å². The molecule has 2 aromatic heterocycles. The summed E-state index contributed by atoms with van der Waals surface area (Å²) in [6, 6.07) is 17.2. The number of terminal acetylenes is 1. The molecule has 0 unspecified atom stereocenters. The average molecular weight is 407 g/mol. The Morgan fingerprint density at radius 2 is 1.84 bits per heavy atom. The first kappa shape index (κ1) is 19.0. The highest BCUT2D eigenvalue weighted by atomic mass is 16.1. The lowest BCUT2D eigenvalue weighted by Crippen LogP contribution is -2.20. The molecule has 2 aromatic carbocycles. The van der Waals surface area contributed by atoms with Crippen LogP contribution in [0, 0.1) is 12.3 Å². The van der Waals surface area contributed by atoms with Gasteiger partial charge in [-0.25, -0.2) is 4.98 Å². The molecule has 0 atom stereocenters. The van der Waals surface area contributed by atoms with Crippen molar-refractivity contribution < 1.29 is 0 Å². The van der Waals surface area contributed by atoms with E-state index in [2.05, 4.69) is 38.7 Å². The molecule has 3 heterocycles. The summed E-state index contributed by atoms with van der Waals surface area (Å²) < 4.78 is 1.56. The Morgan fingerprint density at radius 3 is 2.65 bits per heavy atom. The summed E-state index contributed by atoms with van der Waals surface area (Å²) in [6.45, 7) is 1.98. The normalized spacial score (nSPS) is 13.3. The van der Waals surface area contributed by atoms with Gasteiger partial charge in [0.05, 0.1) is 11.1 Å². The van der Waals surface area contributed by atoms with Crippen LogP contribution in [0.2, 0.25) is 0 Å². The SMILES string of the molecule is C#Cc1cc(=O)n(-c2ccccc2)c2nc(Nc3ccc4c(c3)CCNCC4)ncc12. The van der Waals surface area contributed by atoms with E-state index in [0.717, 1.165) is 37.3 Å². The summed E-state index contributed by atoms with van der Waals surface area (Å²) in [5.74, 6) is 2.99. The van der Waals surface area contributed by atoms with Crippen molar-refractivity contribution in [3.05, 3.63) is 87.8 Å². The molecule has 0 radical (unpaired) electrons. The van der Waals surface area contributed by atoms with Crippen LogP contribution in [0.15, 0.2) is 65.6 Å². The van der Waals surface area contributed by atoms with Gasteiger partial charge in [-0.15, -0.1) is 6.42 Å². The molecule has 1 aliphatic heterocycles. The molecule has 2 N–H and O–H groups in total. The number of benzene rings is 2. The molecule has 5 rings (SSSR count). The summed E-state index contributed by atoms with van der Waals surface area (Å²) in [7, 11) is 0. The molecule has 6 heteroatoms. The third-order valence-corrected chi connectivity index (χ3v) is 5.53. The zero-order valence-electron chi connectivity index (χ0n) is 16.9. The number of nitrogens with one attached hydrogen (secondary N) is 2. The Balaban J connectivity index is 1.61. The van der Waals surface area contributed by atoms with Crippen molar-refractivity contribution in [2.24, 2.45) is 0 Å². The first-order valence-electron chi connectivity index (χ1n) is 10.3. The van der Waals surface area contributed by atoms with Gasteiger partial charge in [0.15, 0.2) is 5.65 Å². The van der Waals surface area contributed by atoms with Crippen molar-refractivity contribution in [3.8, 4) is 18.0 Å². The van der Waals surface area contributed by atoms with Crippen LogP contribution in [0.5, 0.6) is 0 Å². The number of aromatic nitrogens is 3. The number of fused-ring (bicyclic) bond motifs is 2. The molecule has 0 fully saturated rings. The van der Waals surface area contributed by atoms with E-state index in [1.54, 1.807) is 10.8 Å². The van der Waals surface area contributed by atoms with Crippen LogP contribution in [0.3, 0.4) is 0 Å². The summed E-state index contributed by atoms with van der Waals surface area (Å²) in [5.41, 5.74) is 5.07. The molecule has 6 nitrogen and oxygen atoms in total. The van der Waals surface area contributed by atoms with Gasteiger partial charge in [0.1, 0.15) is 0 Å². The Morgan fingerprint density at radius 1 is 1.03 bits per heavy atom. The zero-order chi connectivity index (χ0) is 21.2. The van der Waals surface area contributed by atoms with Crippen LogP contribution in [0.1, 0.15) is 16.7 Å². The van der Waals surface area contributed by atoms with Crippen LogP contribution < -0.4 is 16.2 Å². The van der Waals surface area contributed by atoms with Gasteiger partial charge in [-0.3, -0.25) is 9.36 Å². The first-order chi connectivity index (χ1) is 15.2. The number of hydrogen-bond donors (Lipinski definition) is 2. The average Bonchev–Trinajstić information content (AvgIpc) is 3.04. The maximum absolute atomic E-state index is 12.9. The van der Waals surface area contributed by atoms with Gasteiger partial charge < -0.3 is 10.6 Å². The van der Waals surface area contributed by atoms with Crippen LogP contribution in [-0.4, -0.2) is 27.6 Å². The van der Waals surface area contributed by atoms with Gasteiger partial charge >= 0.3 is 0 Å². The highest BCUT2D eigenvalue weighted by molar-refractivity contribution is 5.83. The van der Waals surface area contributed by atoms with E-state index in [9.17, 15) is 4.79 Å². The van der Waals surface area contributed by atoms with Gasteiger partial charge in [0, 0.05) is 23.5 Å². The Kier molecular flexibility index (Phi) is 4.95. The fraction of sp³-hybridized carbons (Fsp3) is 0.160. The van der Waals surface area contributed by atoms with Crippen molar-refractivity contribution >= 4 is 22.7 Å². The van der Waals surface area contributed by atoms with E-state index in [4.69, 9.17) is 6.42 Å². The molecule has 4 aromatic rings. The van der Waals surface area contributed by atoms with Crippen molar-refractivity contribution in [1.29, 1.82) is 0 Å². The lowest BCUT2D eigenvalue weighted by Gasteiger charge is -2.13. The molecule has 0 spiro atoms. The van der Waals surface area contributed by atoms with Gasteiger partial charge in [-0.1, -0.05) is 30.2 Å². The Bertz CT molecular complexity index is 1370. The third-order valence-electron chi connectivity index (χ3n) is 5.53. The van der Waals surface area contributed by atoms with Crippen molar-refractivity contribution in [2.45, 2.75) is 12.8 Å². The molecule has 0 saturated carbocycles. The number of para-hydroxylation sites is 1. The lowest BCUT2D eigenvalue weighted by atomic mass is 10.0. The number of nitrogens with zero attached hydrogens (tertiary/aromatic N) is 3. The molecular formula is C25H21N5O. The van der Waals surface area contributed by atoms with Gasteiger partial charge in [-0.05, 0) is 61.3 Å². The number of rotatable bonds is 3. The van der Waals surface area contributed by atoms with Crippen LogP contribution in [-0.2, 0) is 12.8 Å². The maximum Gasteiger partial charge on any atom is 0.258 e. The summed E-state index contributed by atoms with van der Waals surface area (Å²) in [6.07, 6.45) is 9.33. The summed E-state index contributed by atoms with van der Waals surface area (Å²) >= 11 is 0. The smallest absolute Gasteiger partial charge is 0.258 e. The number of hydrogen-bond acceptors (Lipinski definition) is 5. The minimum Gasteiger partial charge on any atom is -0.324 e. The van der Waals surface area contributed by atoms with E-state index in [-0.39, 0.29) is 5.56 Å². The molecule has 152 valence electrons. The number of anilines is 2. The van der Waals surface area contributed by atoms with Gasteiger partial charge in [0.25, 0.3) is 5.56 Å². The fourth-order valence-corrected chi connectivity index (χ4v) is 3.99. The second-order valence-electron chi connectivity index (χ2n) is 7.50. The lowest BCUT2D eigenvalue weighted by molar-refractivity contribution is 0.711. The molecule has 1 aliphatic rings. The van der Waals surface area contributed by atoms with Gasteiger partial charge in [-0.2, -0.15) is 4.98 Å². The van der Waals surface area contributed by atoms with Crippen molar-refractivity contribution in [1.82, 2.24) is 19.9 Å². The zero-order valence-corrected chi connectivity index (χ0v) is 16.9. The predicted octanol–water partition coefficient (Wildman–Crippen LogP) is 3.19.